The number of carbonyl (C=O) groups is 1. The summed E-state index contributed by atoms with van der Waals surface area (Å²) in [7, 11) is 0. The average Bonchev–Trinajstić information content (AvgIpc) is 2.93. The fraction of sp³-hybridized carbons (Fsp3) is 0.889. The van der Waals surface area contributed by atoms with Crippen molar-refractivity contribution in [2.45, 2.75) is 31.7 Å². The molecule has 3 heteroatoms. The van der Waals surface area contributed by atoms with Gasteiger partial charge in [-0.1, -0.05) is 6.92 Å². The molecule has 0 N–H and O–H groups in total. The van der Waals surface area contributed by atoms with Gasteiger partial charge in [0.05, 0.1) is 5.54 Å². The van der Waals surface area contributed by atoms with Gasteiger partial charge >= 0.3 is 0 Å². The first-order valence-electron chi connectivity index (χ1n) is 4.82. The van der Waals surface area contributed by atoms with Gasteiger partial charge in [0.15, 0.2) is 0 Å². The third kappa shape index (κ3) is 0.724. The van der Waals surface area contributed by atoms with Crippen LogP contribution >= 0.6 is 0 Å². The van der Waals surface area contributed by atoms with Crippen LogP contribution in [0.15, 0.2) is 0 Å². The maximum Gasteiger partial charge on any atom is 0.239 e. The van der Waals surface area contributed by atoms with Crippen LogP contribution in [0.3, 0.4) is 0 Å². The van der Waals surface area contributed by atoms with Crippen LogP contribution in [0.1, 0.15) is 26.2 Å². The zero-order valence-electron chi connectivity index (χ0n) is 7.42. The fourth-order valence-corrected chi connectivity index (χ4v) is 2.19. The van der Waals surface area contributed by atoms with Gasteiger partial charge in [-0.2, -0.15) is 0 Å². The summed E-state index contributed by atoms with van der Waals surface area (Å²) in [5, 5.41) is 4.26. The summed E-state index contributed by atoms with van der Waals surface area (Å²) in [5.74, 6) is 0.611. The molecule has 0 aromatic heterocycles. The van der Waals surface area contributed by atoms with Gasteiger partial charge in [0.2, 0.25) is 5.91 Å². The van der Waals surface area contributed by atoms with E-state index < -0.39 is 0 Å². The first-order chi connectivity index (χ1) is 5.73. The molecule has 2 heterocycles. The molecule has 1 aliphatic carbocycles. The molecule has 12 heavy (non-hydrogen) atoms. The second kappa shape index (κ2) is 1.84. The minimum Gasteiger partial charge on any atom is -0.274 e. The number of hydrazine groups is 1. The molecule has 0 radical (unpaired) electrons. The average molecular weight is 166 g/mol. The van der Waals surface area contributed by atoms with Crippen molar-refractivity contribution in [3.05, 3.63) is 0 Å². The van der Waals surface area contributed by atoms with Crippen molar-refractivity contribution in [2.75, 3.05) is 13.1 Å². The van der Waals surface area contributed by atoms with Gasteiger partial charge in [0, 0.05) is 19.0 Å². The second-order valence-electron chi connectivity index (χ2n) is 4.43. The van der Waals surface area contributed by atoms with Gasteiger partial charge in [-0.15, -0.1) is 0 Å². The van der Waals surface area contributed by atoms with E-state index in [1.54, 1.807) is 0 Å². The van der Waals surface area contributed by atoms with E-state index in [1.165, 1.54) is 12.8 Å². The molecule has 1 amide bonds. The Bertz CT molecular complexity index is 247. The Kier molecular flexibility index (Phi) is 1.06. The lowest BCUT2D eigenvalue weighted by Crippen LogP contribution is -2.33. The molecule has 1 spiro atoms. The third-order valence-corrected chi connectivity index (χ3v) is 3.46. The fourth-order valence-electron chi connectivity index (χ4n) is 2.19. The van der Waals surface area contributed by atoms with Crippen molar-refractivity contribution in [3.63, 3.8) is 0 Å². The third-order valence-electron chi connectivity index (χ3n) is 3.46. The van der Waals surface area contributed by atoms with Gasteiger partial charge in [0.1, 0.15) is 0 Å². The molecule has 3 aliphatic rings. The maximum absolute atomic E-state index is 11.6. The van der Waals surface area contributed by atoms with Crippen LogP contribution in [0.4, 0.5) is 0 Å². The zero-order chi connectivity index (χ0) is 8.34. The summed E-state index contributed by atoms with van der Waals surface area (Å²) in [6.45, 7) is 4.14. The summed E-state index contributed by atoms with van der Waals surface area (Å²) in [4.78, 5) is 11.6. The first-order valence-corrected chi connectivity index (χ1v) is 4.82. The summed E-state index contributed by atoms with van der Waals surface area (Å²) in [6.07, 6.45) is 3.67. The van der Waals surface area contributed by atoms with Crippen LogP contribution in [0.5, 0.6) is 0 Å². The summed E-state index contributed by atoms with van der Waals surface area (Å²) < 4.78 is 0. The number of carbonyl (C=O) groups excluding carboxylic acids is 1. The second-order valence-corrected chi connectivity index (χ2v) is 4.43. The quantitative estimate of drug-likeness (QED) is 0.533. The monoisotopic (exact) mass is 166 g/mol. The lowest BCUT2D eigenvalue weighted by Gasteiger charge is -2.17. The molecular weight excluding hydrogens is 152 g/mol. The van der Waals surface area contributed by atoms with Crippen molar-refractivity contribution in [1.82, 2.24) is 10.0 Å². The molecular formula is C9H14N2O. The highest BCUT2D eigenvalue weighted by atomic mass is 16.2. The van der Waals surface area contributed by atoms with Crippen LogP contribution in [-0.2, 0) is 4.79 Å². The van der Waals surface area contributed by atoms with Crippen molar-refractivity contribution in [2.24, 2.45) is 5.92 Å². The lowest BCUT2D eigenvalue weighted by molar-refractivity contribution is -0.138. The Balaban J connectivity index is 1.74. The van der Waals surface area contributed by atoms with Crippen LogP contribution < -0.4 is 0 Å². The Hall–Kier alpha value is -0.570. The van der Waals surface area contributed by atoms with Crippen LogP contribution in [0.25, 0.3) is 0 Å². The van der Waals surface area contributed by atoms with Gasteiger partial charge in [0.25, 0.3) is 0 Å². The van der Waals surface area contributed by atoms with Gasteiger partial charge in [-0.05, 0) is 19.3 Å². The largest absolute Gasteiger partial charge is 0.274 e. The highest BCUT2D eigenvalue weighted by molar-refractivity contribution is 5.80. The van der Waals surface area contributed by atoms with E-state index >= 15 is 0 Å². The smallest absolute Gasteiger partial charge is 0.239 e. The van der Waals surface area contributed by atoms with E-state index in [0.717, 1.165) is 19.5 Å². The van der Waals surface area contributed by atoms with Gasteiger partial charge in [-0.25, -0.2) is 5.01 Å². The molecule has 3 rings (SSSR count). The summed E-state index contributed by atoms with van der Waals surface area (Å²) in [5.41, 5.74) is 0.486. The Labute approximate surface area is 72.3 Å². The van der Waals surface area contributed by atoms with Crippen LogP contribution in [0.2, 0.25) is 0 Å². The van der Waals surface area contributed by atoms with Crippen molar-refractivity contribution < 1.29 is 4.79 Å². The molecule has 3 nitrogen and oxygen atoms in total. The standard InChI is InChI=1S/C9H14N2O/c1-7-2-5-10(8(7)12)11-6-9(11)3-4-9/h7H,2-6H2,1H3. The number of hydrogen-bond donors (Lipinski definition) is 0. The minimum absolute atomic E-state index is 0.265. The number of amides is 1. The summed E-state index contributed by atoms with van der Waals surface area (Å²) in [6, 6.07) is 0. The minimum atomic E-state index is 0.265. The van der Waals surface area contributed by atoms with Crippen molar-refractivity contribution in [1.29, 1.82) is 0 Å². The lowest BCUT2D eigenvalue weighted by atomic mass is 10.1. The highest BCUT2D eigenvalue weighted by Gasteiger charge is 2.65. The van der Waals surface area contributed by atoms with E-state index in [1.807, 2.05) is 11.9 Å². The van der Waals surface area contributed by atoms with E-state index in [4.69, 9.17) is 0 Å². The SMILES string of the molecule is CC1CCN(N2CC23CC3)C1=O. The molecule has 0 aromatic carbocycles. The van der Waals surface area contributed by atoms with E-state index in [9.17, 15) is 4.79 Å². The van der Waals surface area contributed by atoms with Crippen LogP contribution in [0, 0.1) is 5.92 Å². The predicted octanol–water partition coefficient (Wildman–Crippen LogP) is 0.618. The highest BCUT2D eigenvalue weighted by Crippen LogP contribution is 2.55. The zero-order valence-corrected chi connectivity index (χ0v) is 7.42. The van der Waals surface area contributed by atoms with Crippen molar-refractivity contribution in [3.8, 4) is 0 Å². The molecule has 2 saturated heterocycles. The Morgan fingerprint density at radius 2 is 2.25 bits per heavy atom. The number of nitrogens with zero attached hydrogens (tertiary/aromatic N) is 2. The molecule has 0 bridgehead atoms. The molecule has 1 saturated carbocycles. The topological polar surface area (TPSA) is 23.3 Å². The summed E-state index contributed by atoms with van der Waals surface area (Å²) >= 11 is 0. The van der Waals surface area contributed by atoms with Crippen molar-refractivity contribution >= 4 is 5.91 Å². The normalized spacial score (nSPS) is 42.4. The number of rotatable bonds is 1. The maximum atomic E-state index is 11.6. The molecule has 2 aliphatic heterocycles. The predicted molar refractivity (Wildman–Crippen MR) is 44.2 cm³/mol. The molecule has 66 valence electrons. The molecule has 0 aromatic rings. The first kappa shape index (κ1) is 6.89. The molecule has 3 fully saturated rings. The Morgan fingerprint density at radius 3 is 2.67 bits per heavy atom. The number of hydrogen-bond acceptors (Lipinski definition) is 2. The van der Waals surface area contributed by atoms with Crippen LogP contribution in [-0.4, -0.2) is 34.6 Å². The van der Waals surface area contributed by atoms with Gasteiger partial charge in [-0.3, -0.25) is 9.80 Å². The Morgan fingerprint density at radius 1 is 1.50 bits per heavy atom. The molecule has 2 atom stereocenters. The van der Waals surface area contributed by atoms with Gasteiger partial charge < -0.3 is 0 Å². The van der Waals surface area contributed by atoms with E-state index in [-0.39, 0.29) is 5.92 Å². The van der Waals surface area contributed by atoms with E-state index in [0.29, 0.717) is 11.4 Å². The van der Waals surface area contributed by atoms with E-state index in [2.05, 4.69) is 5.01 Å². The molecule has 2 unspecified atom stereocenters.